The van der Waals surface area contributed by atoms with Gasteiger partial charge in [0.2, 0.25) is 5.91 Å². The van der Waals surface area contributed by atoms with E-state index in [-0.39, 0.29) is 23.8 Å². The molecule has 1 aliphatic rings. The van der Waals surface area contributed by atoms with E-state index in [0.29, 0.717) is 30.8 Å². The van der Waals surface area contributed by atoms with Crippen LogP contribution < -0.4 is 5.32 Å². The third-order valence-corrected chi connectivity index (χ3v) is 4.91. The minimum absolute atomic E-state index is 0.00925. The molecule has 0 aliphatic carbocycles. The first-order valence-corrected chi connectivity index (χ1v) is 8.53. The molecule has 2 aromatic heterocycles. The Kier molecular flexibility index (Phi) is 4.65. The van der Waals surface area contributed by atoms with E-state index in [4.69, 9.17) is 4.42 Å². The molecule has 2 aromatic rings. The van der Waals surface area contributed by atoms with Gasteiger partial charge in [0.15, 0.2) is 0 Å². The molecule has 134 valence electrons. The molecule has 1 N–H and O–H groups in total. The quantitative estimate of drug-likeness (QED) is 0.899. The van der Waals surface area contributed by atoms with Gasteiger partial charge in [0.05, 0.1) is 17.9 Å². The Balaban J connectivity index is 1.77. The minimum Gasteiger partial charge on any atom is -0.469 e. The van der Waals surface area contributed by atoms with Gasteiger partial charge < -0.3 is 19.2 Å². The molecule has 3 rings (SSSR count). The van der Waals surface area contributed by atoms with E-state index in [1.807, 2.05) is 36.6 Å². The number of furan rings is 1. The molecule has 1 saturated heterocycles. The van der Waals surface area contributed by atoms with Gasteiger partial charge in [-0.15, -0.1) is 0 Å². The van der Waals surface area contributed by atoms with Crippen molar-refractivity contribution in [1.82, 2.24) is 19.8 Å². The lowest BCUT2D eigenvalue weighted by Crippen LogP contribution is -2.35. The van der Waals surface area contributed by atoms with E-state index in [2.05, 4.69) is 10.3 Å². The number of likely N-dealkylation sites (tertiary alicyclic amines) is 1. The zero-order chi connectivity index (χ0) is 18.1. The average Bonchev–Trinajstić information content (AvgIpc) is 3.22. The number of carbonyl (C=O) groups excluding carboxylic acids is 2. The van der Waals surface area contributed by atoms with Crippen LogP contribution in [0.3, 0.4) is 0 Å². The van der Waals surface area contributed by atoms with E-state index in [1.54, 1.807) is 19.4 Å². The molecule has 3 heterocycles. The Hall–Kier alpha value is -2.57. The van der Waals surface area contributed by atoms with Crippen molar-refractivity contribution in [3.05, 3.63) is 41.4 Å². The van der Waals surface area contributed by atoms with Gasteiger partial charge >= 0.3 is 0 Å². The number of aryl methyl sites for hydroxylation is 3. The number of hydrogen-bond donors (Lipinski definition) is 1. The van der Waals surface area contributed by atoms with Crippen LogP contribution in [-0.4, -0.2) is 39.4 Å². The molecule has 2 amide bonds. The van der Waals surface area contributed by atoms with E-state index >= 15 is 0 Å². The van der Waals surface area contributed by atoms with Crippen molar-refractivity contribution in [3.8, 4) is 0 Å². The summed E-state index contributed by atoms with van der Waals surface area (Å²) in [6.45, 7) is 6.63. The zero-order valence-corrected chi connectivity index (χ0v) is 15.1. The van der Waals surface area contributed by atoms with E-state index in [9.17, 15) is 9.59 Å². The number of rotatable bonds is 5. The molecule has 0 aromatic carbocycles. The molecule has 7 nitrogen and oxygen atoms in total. The van der Waals surface area contributed by atoms with Gasteiger partial charge in [0, 0.05) is 50.4 Å². The van der Waals surface area contributed by atoms with Crippen molar-refractivity contribution in [2.75, 3.05) is 13.1 Å². The van der Waals surface area contributed by atoms with Crippen molar-refractivity contribution in [3.63, 3.8) is 0 Å². The Bertz CT molecular complexity index is 773. The van der Waals surface area contributed by atoms with E-state index in [1.165, 1.54) is 0 Å². The topological polar surface area (TPSA) is 80.4 Å². The highest BCUT2D eigenvalue weighted by Gasteiger charge is 2.41. The summed E-state index contributed by atoms with van der Waals surface area (Å²) < 4.78 is 7.23. The number of imidazole rings is 1. The number of hydrogen-bond acceptors (Lipinski definition) is 4. The molecule has 0 spiro atoms. The van der Waals surface area contributed by atoms with Gasteiger partial charge in [-0.1, -0.05) is 0 Å². The fourth-order valence-corrected chi connectivity index (χ4v) is 3.66. The molecular weight excluding hydrogens is 320 g/mol. The number of nitrogens with one attached hydrogen (secondary N) is 1. The molecule has 1 aliphatic heterocycles. The van der Waals surface area contributed by atoms with Gasteiger partial charge in [-0.3, -0.25) is 9.59 Å². The Morgan fingerprint density at radius 1 is 1.44 bits per heavy atom. The Labute approximate surface area is 147 Å². The maximum atomic E-state index is 12.5. The molecule has 0 bridgehead atoms. The monoisotopic (exact) mass is 344 g/mol. The molecule has 2 atom stereocenters. The van der Waals surface area contributed by atoms with Gasteiger partial charge in [0.25, 0.3) is 5.91 Å². The highest BCUT2D eigenvalue weighted by atomic mass is 16.3. The summed E-state index contributed by atoms with van der Waals surface area (Å²) >= 11 is 0. The van der Waals surface area contributed by atoms with Gasteiger partial charge in [-0.25, -0.2) is 4.98 Å². The molecule has 0 radical (unpaired) electrons. The Morgan fingerprint density at radius 2 is 2.20 bits per heavy atom. The van der Waals surface area contributed by atoms with Crippen LogP contribution in [0.1, 0.15) is 46.9 Å². The SMILES string of the molecule is CCN1C(=O)C[C@@H](CNC(=O)c2c(C)coc2C)[C@@H]1c1nccn1C. The normalized spacial score (nSPS) is 20.3. The van der Waals surface area contributed by atoms with Crippen molar-refractivity contribution in [1.29, 1.82) is 0 Å². The summed E-state index contributed by atoms with van der Waals surface area (Å²) in [7, 11) is 1.92. The summed E-state index contributed by atoms with van der Waals surface area (Å²) in [5, 5.41) is 2.97. The van der Waals surface area contributed by atoms with Crippen LogP contribution in [0.25, 0.3) is 0 Å². The molecule has 0 saturated carbocycles. The number of carbonyl (C=O) groups is 2. The third-order valence-electron chi connectivity index (χ3n) is 4.91. The minimum atomic E-state index is -0.162. The summed E-state index contributed by atoms with van der Waals surface area (Å²) in [6.07, 6.45) is 5.60. The molecule has 25 heavy (non-hydrogen) atoms. The molecule has 1 fully saturated rings. The lowest BCUT2D eigenvalue weighted by molar-refractivity contribution is -0.128. The number of amides is 2. The van der Waals surface area contributed by atoms with Crippen molar-refractivity contribution >= 4 is 11.8 Å². The van der Waals surface area contributed by atoms with Crippen LogP contribution in [0, 0.1) is 19.8 Å². The lowest BCUT2D eigenvalue weighted by atomic mass is 9.99. The van der Waals surface area contributed by atoms with Crippen molar-refractivity contribution in [2.45, 2.75) is 33.2 Å². The third kappa shape index (κ3) is 3.06. The maximum Gasteiger partial charge on any atom is 0.255 e. The summed E-state index contributed by atoms with van der Waals surface area (Å²) in [5.41, 5.74) is 1.39. The van der Waals surface area contributed by atoms with Crippen LogP contribution in [-0.2, 0) is 11.8 Å². The molecule has 7 heteroatoms. The zero-order valence-electron chi connectivity index (χ0n) is 15.1. The lowest BCUT2D eigenvalue weighted by Gasteiger charge is -2.27. The fourth-order valence-electron chi connectivity index (χ4n) is 3.66. The molecule has 0 unspecified atom stereocenters. The predicted octanol–water partition coefficient (Wildman–Crippen LogP) is 1.97. The van der Waals surface area contributed by atoms with Crippen LogP contribution in [0.5, 0.6) is 0 Å². The van der Waals surface area contributed by atoms with Crippen molar-refractivity contribution < 1.29 is 14.0 Å². The van der Waals surface area contributed by atoms with E-state index in [0.717, 1.165) is 11.4 Å². The van der Waals surface area contributed by atoms with Crippen molar-refractivity contribution in [2.24, 2.45) is 13.0 Å². The summed E-state index contributed by atoms with van der Waals surface area (Å²) in [4.78, 5) is 31.1. The van der Waals surface area contributed by atoms with Crippen LogP contribution in [0.4, 0.5) is 0 Å². The number of nitrogens with zero attached hydrogens (tertiary/aromatic N) is 3. The summed E-state index contributed by atoms with van der Waals surface area (Å²) in [6, 6.07) is -0.121. The fraction of sp³-hybridized carbons (Fsp3) is 0.500. The summed E-state index contributed by atoms with van der Waals surface area (Å²) in [5.74, 6) is 1.39. The standard InChI is InChI=1S/C18H24N4O3/c1-5-22-14(23)8-13(16(22)17-19-6-7-21(17)4)9-20-18(24)15-11(2)10-25-12(15)3/h6-7,10,13,16H,5,8-9H2,1-4H3,(H,20,24)/t13-,16+/m0/s1. The van der Waals surface area contributed by atoms with E-state index < -0.39 is 0 Å². The second kappa shape index (κ2) is 6.74. The van der Waals surface area contributed by atoms with Gasteiger partial charge in [-0.2, -0.15) is 0 Å². The smallest absolute Gasteiger partial charge is 0.255 e. The first-order valence-electron chi connectivity index (χ1n) is 8.53. The highest BCUT2D eigenvalue weighted by molar-refractivity contribution is 5.96. The Morgan fingerprint density at radius 3 is 2.76 bits per heavy atom. The highest BCUT2D eigenvalue weighted by Crippen LogP contribution is 2.36. The average molecular weight is 344 g/mol. The van der Waals surface area contributed by atoms with Crippen LogP contribution in [0.2, 0.25) is 0 Å². The largest absolute Gasteiger partial charge is 0.469 e. The first-order chi connectivity index (χ1) is 11.9. The molecular formula is C18H24N4O3. The second-order valence-electron chi connectivity index (χ2n) is 6.55. The predicted molar refractivity (Wildman–Crippen MR) is 92.0 cm³/mol. The van der Waals surface area contributed by atoms with Gasteiger partial charge in [0.1, 0.15) is 11.6 Å². The maximum absolute atomic E-state index is 12.5. The second-order valence-corrected chi connectivity index (χ2v) is 6.55. The number of aromatic nitrogens is 2. The van der Waals surface area contributed by atoms with Gasteiger partial charge in [-0.05, 0) is 20.8 Å². The van der Waals surface area contributed by atoms with Crippen LogP contribution >= 0.6 is 0 Å². The first kappa shape index (κ1) is 17.3. The van der Waals surface area contributed by atoms with Crippen LogP contribution in [0.15, 0.2) is 23.1 Å².